The van der Waals surface area contributed by atoms with Gasteiger partial charge in [-0.15, -0.1) is 0 Å². The molecule has 0 radical (unpaired) electrons. The fraction of sp³-hybridized carbons (Fsp3) is 0.278. The van der Waals surface area contributed by atoms with Gasteiger partial charge in [0.1, 0.15) is 5.82 Å². The molecule has 3 rings (SSSR count). The van der Waals surface area contributed by atoms with Crippen LogP contribution in [-0.2, 0) is 4.79 Å². The number of nitrogens with one attached hydrogen (secondary N) is 2. The van der Waals surface area contributed by atoms with Crippen LogP contribution in [-0.4, -0.2) is 22.8 Å². The molecule has 2 unspecified atom stereocenters. The second-order valence-electron chi connectivity index (χ2n) is 6.01. The van der Waals surface area contributed by atoms with Gasteiger partial charge in [0.2, 0.25) is 5.91 Å². The van der Waals surface area contributed by atoms with Crippen LogP contribution in [0.1, 0.15) is 29.6 Å². The van der Waals surface area contributed by atoms with Gasteiger partial charge in [0, 0.05) is 29.4 Å². The molecule has 1 fully saturated rings. The SMILES string of the molecule is NC1CCC(C(=O)Nc2cccc(C(=O)Nc3ccccn3)c2)C1. The van der Waals surface area contributed by atoms with Crippen molar-refractivity contribution in [2.24, 2.45) is 11.7 Å². The second kappa shape index (κ2) is 7.23. The highest BCUT2D eigenvalue weighted by molar-refractivity contribution is 6.05. The van der Waals surface area contributed by atoms with Crippen LogP contribution >= 0.6 is 0 Å². The summed E-state index contributed by atoms with van der Waals surface area (Å²) in [6.45, 7) is 0. The van der Waals surface area contributed by atoms with Crippen molar-refractivity contribution in [1.82, 2.24) is 4.98 Å². The van der Waals surface area contributed by atoms with Crippen molar-refractivity contribution in [3.63, 3.8) is 0 Å². The van der Waals surface area contributed by atoms with Gasteiger partial charge in [-0.25, -0.2) is 4.98 Å². The monoisotopic (exact) mass is 324 g/mol. The zero-order chi connectivity index (χ0) is 16.9. The van der Waals surface area contributed by atoms with Crippen LogP contribution in [0.25, 0.3) is 0 Å². The molecule has 0 saturated heterocycles. The van der Waals surface area contributed by atoms with Gasteiger partial charge in [-0.2, -0.15) is 0 Å². The van der Waals surface area contributed by atoms with Crippen LogP contribution in [0.3, 0.4) is 0 Å². The number of nitrogens with two attached hydrogens (primary N) is 1. The highest BCUT2D eigenvalue weighted by Gasteiger charge is 2.27. The fourth-order valence-corrected chi connectivity index (χ4v) is 2.86. The Morgan fingerprint density at radius 1 is 1.08 bits per heavy atom. The van der Waals surface area contributed by atoms with Crippen LogP contribution in [0.5, 0.6) is 0 Å². The van der Waals surface area contributed by atoms with Crippen molar-refractivity contribution in [3.05, 3.63) is 54.2 Å². The molecule has 1 heterocycles. The van der Waals surface area contributed by atoms with Gasteiger partial charge in [-0.1, -0.05) is 12.1 Å². The van der Waals surface area contributed by atoms with Crippen molar-refractivity contribution < 1.29 is 9.59 Å². The quantitative estimate of drug-likeness (QED) is 0.804. The van der Waals surface area contributed by atoms with Crippen molar-refractivity contribution in [2.45, 2.75) is 25.3 Å². The summed E-state index contributed by atoms with van der Waals surface area (Å²) in [5.41, 5.74) is 6.92. The zero-order valence-corrected chi connectivity index (χ0v) is 13.2. The standard InChI is InChI=1S/C18H20N4O2/c19-14-8-7-13(10-14)17(23)21-15-5-3-4-12(11-15)18(24)22-16-6-1-2-9-20-16/h1-6,9,11,13-14H,7-8,10,19H2,(H,21,23)(H,20,22,24). The lowest BCUT2D eigenvalue weighted by Crippen LogP contribution is -2.23. The summed E-state index contributed by atoms with van der Waals surface area (Å²) in [4.78, 5) is 28.6. The lowest BCUT2D eigenvalue weighted by molar-refractivity contribution is -0.119. The molecule has 0 aliphatic heterocycles. The van der Waals surface area contributed by atoms with E-state index in [1.165, 1.54) is 0 Å². The van der Waals surface area contributed by atoms with E-state index in [1.54, 1.807) is 48.7 Å². The minimum absolute atomic E-state index is 0.0368. The molecule has 124 valence electrons. The maximum absolute atomic E-state index is 12.3. The molecule has 1 aliphatic carbocycles. The van der Waals surface area contributed by atoms with Crippen LogP contribution in [0.2, 0.25) is 0 Å². The molecule has 1 aliphatic rings. The fourth-order valence-electron chi connectivity index (χ4n) is 2.86. The summed E-state index contributed by atoms with van der Waals surface area (Å²) in [5.74, 6) is 0.126. The zero-order valence-electron chi connectivity index (χ0n) is 13.2. The number of aromatic nitrogens is 1. The first kappa shape index (κ1) is 16.1. The van der Waals surface area contributed by atoms with Gasteiger partial charge in [0.05, 0.1) is 0 Å². The minimum Gasteiger partial charge on any atom is -0.328 e. The van der Waals surface area contributed by atoms with Crippen molar-refractivity contribution in [1.29, 1.82) is 0 Å². The number of benzene rings is 1. The molecule has 1 aromatic carbocycles. The summed E-state index contributed by atoms with van der Waals surface area (Å²) in [5, 5.41) is 5.59. The Bertz CT molecular complexity index is 733. The van der Waals surface area contributed by atoms with E-state index in [0.29, 0.717) is 23.5 Å². The largest absolute Gasteiger partial charge is 0.328 e. The molecule has 1 saturated carbocycles. The Morgan fingerprint density at radius 3 is 2.67 bits per heavy atom. The maximum atomic E-state index is 12.3. The average Bonchev–Trinajstić information content (AvgIpc) is 3.03. The third-order valence-electron chi connectivity index (χ3n) is 4.14. The maximum Gasteiger partial charge on any atom is 0.256 e. The van der Waals surface area contributed by atoms with Crippen LogP contribution in [0.4, 0.5) is 11.5 Å². The minimum atomic E-state index is -0.271. The molecular formula is C18H20N4O2. The topological polar surface area (TPSA) is 97.1 Å². The van der Waals surface area contributed by atoms with Gasteiger partial charge in [0.15, 0.2) is 0 Å². The van der Waals surface area contributed by atoms with E-state index in [0.717, 1.165) is 12.8 Å². The van der Waals surface area contributed by atoms with Gasteiger partial charge in [0.25, 0.3) is 5.91 Å². The molecule has 1 aromatic heterocycles. The number of amides is 2. The number of anilines is 2. The van der Waals surface area contributed by atoms with E-state index >= 15 is 0 Å². The molecular weight excluding hydrogens is 304 g/mol. The van der Waals surface area contributed by atoms with Gasteiger partial charge in [-0.05, 0) is 49.6 Å². The molecule has 6 heteroatoms. The van der Waals surface area contributed by atoms with Crippen molar-refractivity contribution in [2.75, 3.05) is 10.6 Å². The van der Waals surface area contributed by atoms with E-state index in [-0.39, 0.29) is 23.8 Å². The molecule has 2 aromatic rings. The average molecular weight is 324 g/mol. The predicted molar refractivity (Wildman–Crippen MR) is 92.6 cm³/mol. The highest BCUT2D eigenvalue weighted by Crippen LogP contribution is 2.25. The molecule has 0 bridgehead atoms. The van der Waals surface area contributed by atoms with E-state index in [9.17, 15) is 9.59 Å². The number of carbonyl (C=O) groups is 2. The Morgan fingerprint density at radius 2 is 1.96 bits per heavy atom. The Labute approximate surface area is 140 Å². The third-order valence-corrected chi connectivity index (χ3v) is 4.14. The van der Waals surface area contributed by atoms with Crippen molar-refractivity contribution in [3.8, 4) is 0 Å². The van der Waals surface area contributed by atoms with E-state index in [2.05, 4.69) is 15.6 Å². The second-order valence-corrected chi connectivity index (χ2v) is 6.01. The first-order chi connectivity index (χ1) is 11.6. The number of nitrogens with zero attached hydrogens (tertiary/aromatic N) is 1. The first-order valence-corrected chi connectivity index (χ1v) is 8.01. The number of rotatable bonds is 4. The van der Waals surface area contributed by atoms with Crippen LogP contribution < -0.4 is 16.4 Å². The van der Waals surface area contributed by atoms with Crippen LogP contribution in [0, 0.1) is 5.92 Å². The Balaban J connectivity index is 1.65. The summed E-state index contributed by atoms with van der Waals surface area (Å²) in [7, 11) is 0. The van der Waals surface area contributed by atoms with E-state index in [1.807, 2.05) is 0 Å². The molecule has 6 nitrogen and oxygen atoms in total. The lowest BCUT2D eigenvalue weighted by Gasteiger charge is -2.12. The molecule has 0 spiro atoms. The number of carbonyl (C=O) groups excluding carboxylic acids is 2. The molecule has 2 atom stereocenters. The third kappa shape index (κ3) is 3.97. The first-order valence-electron chi connectivity index (χ1n) is 8.01. The molecule has 24 heavy (non-hydrogen) atoms. The van der Waals surface area contributed by atoms with Crippen LogP contribution in [0.15, 0.2) is 48.7 Å². The Kier molecular flexibility index (Phi) is 4.86. The number of pyridine rings is 1. The Hall–Kier alpha value is -2.73. The summed E-state index contributed by atoms with van der Waals surface area (Å²) in [6.07, 6.45) is 4.02. The lowest BCUT2D eigenvalue weighted by atomic mass is 10.1. The normalized spacial score (nSPS) is 19.7. The van der Waals surface area contributed by atoms with Crippen molar-refractivity contribution >= 4 is 23.3 Å². The molecule has 2 amide bonds. The predicted octanol–water partition coefficient (Wildman–Crippen LogP) is 2.40. The van der Waals surface area contributed by atoms with E-state index in [4.69, 9.17) is 5.73 Å². The summed E-state index contributed by atoms with van der Waals surface area (Å²) in [6, 6.07) is 12.3. The van der Waals surface area contributed by atoms with Gasteiger partial charge in [-0.3, -0.25) is 9.59 Å². The smallest absolute Gasteiger partial charge is 0.256 e. The molecule has 4 N–H and O–H groups in total. The summed E-state index contributed by atoms with van der Waals surface area (Å²) < 4.78 is 0. The number of hydrogen-bond donors (Lipinski definition) is 3. The number of hydrogen-bond acceptors (Lipinski definition) is 4. The highest BCUT2D eigenvalue weighted by atomic mass is 16.2. The van der Waals surface area contributed by atoms with Gasteiger partial charge < -0.3 is 16.4 Å². The van der Waals surface area contributed by atoms with E-state index < -0.39 is 0 Å². The van der Waals surface area contributed by atoms with Gasteiger partial charge >= 0.3 is 0 Å². The summed E-state index contributed by atoms with van der Waals surface area (Å²) >= 11 is 0.